The van der Waals surface area contributed by atoms with Crippen LogP contribution in [0.15, 0.2) is 54.6 Å². The molecule has 3 rings (SSSR count). The Morgan fingerprint density at radius 3 is 2.00 bits per heavy atom. The fourth-order valence-corrected chi connectivity index (χ4v) is 3.60. The summed E-state index contributed by atoms with van der Waals surface area (Å²) in [6, 6.07) is 16.2. The van der Waals surface area contributed by atoms with Gasteiger partial charge in [0.25, 0.3) is 0 Å². The normalized spacial score (nSPS) is 18.5. The summed E-state index contributed by atoms with van der Waals surface area (Å²) >= 11 is 0. The molecule has 0 spiro atoms. The van der Waals surface area contributed by atoms with Gasteiger partial charge in [-0.05, 0) is 56.9 Å². The predicted octanol–water partition coefficient (Wildman–Crippen LogP) is 4.25. The maximum Gasteiger partial charge on any atom is 0.340 e. The molecule has 0 atom stereocenters. The maximum atomic E-state index is 12.7. The number of rotatable bonds is 6. The minimum atomic E-state index is -0.454. The van der Waals surface area contributed by atoms with Crippen LogP contribution in [0.4, 0.5) is 11.4 Å². The van der Waals surface area contributed by atoms with E-state index >= 15 is 0 Å². The van der Waals surface area contributed by atoms with Crippen LogP contribution in [0.25, 0.3) is 0 Å². The Morgan fingerprint density at radius 2 is 1.38 bits per heavy atom. The van der Waals surface area contributed by atoms with Gasteiger partial charge in [-0.3, -0.25) is 9.59 Å². The van der Waals surface area contributed by atoms with Crippen LogP contribution >= 0.6 is 0 Å². The monoisotopic (exact) mass is 394 g/mol. The van der Waals surface area contributed by atoms with Crippen LogP contribution in [0.5, 0.6) is 0 Å². The van der Waals surface area contributed by atoms with E-state index in [1.165, 1.54) is 0 Å². The van der Waals surface area contributed by atoms with Gasteiger partial charge >= 0.3 is 5.97 Å². The predicted molar refractivity (Wildman–Crippen MR) is 112 cm³/mol. The van der Waals surface area contributed by atoms with Gasteiger partial charge in [0, 0.05) is 17.5 Å². The van der Waals surface area contributed by atoms with Crippen molar-refractivity contribution in [3.05, 3.63) is 60.2 Å². The van der Waals surface area contributed by atoms with Gasteiger partial charge < -0.3 is 15.4 Å². The summed E-state index contributed by atoms with van der Waals surface area (Å²) in [5.41, 5.74) is 1.59. The van der Waals surface area contributed by atoms with Crippen molar-refractivity contribution < 1.29 is 19.1 Å². The number of esters is 1. The summed E-state index contributed by atoms with van der Waals surface area (Å²) in [5.74, 6) is -0.840. The number of carbonyl (C=O) groups excluding carboxylic acids is 3. The smallest absolute Gasteiger partial charge is 0.340 e. The highest BCUT2D eigenvalue weighted by Gasteiger charge is 2.30. The lowest BCUT2D eigenvalue weighted by Gasteiger charge is -2.27. The highest BCUT2D eigenvalue weighted by Crippen LogP contribution is 2.31. The lowest BCUT2D eigenvalue weighted by atomic mass is 9.81. The van der Waals surface area contributed by atoms with Gasteiger partial charge in [-0.1, -0.05) is 30.3 Å². The second-order valence-electron chi connectivity index (χ2n) is 7.16. The molecule has 29 heavy (non-hydrogen) atoms. The topological polar surface area (TPSA) is 84.5 Å². The molecule has 2 aromatic rings. The van der Waals surface area contributed by atoms with E-state index in [1.807, 2.05) is 30.3 Å². The first-order valence-corrected chi connectivity index (χ1v) is 10.0. The van der Waals surface area contributed by atoms with Crippen molar-refractivity contribution in [1.82, 2.24) is 0 Å². The molecule has 6 heteroatoms. The molecular weight excluding hydrogens is 368 g/mol. The van der Waals surface area contributed by atoms with Crippen molar-refractivity contribution >= 4 is 29.2 Å². The summed E-state index contributed by atoms with van der Waals surface area (Å²) in [6.07, 6.45) is 2.60. The second-order valence-corrected chi connectivity index (χ2v) is 7.16. The van der Waals surface area contributed by atoms with Crippen LogP contribution in [0.2, 0.25) is 0 Å². The van der Waals surface area contributed by atoms with Gasteiger partial charge in [0.05, 0.1) is 17.9 Å². The van der Waals surface area contributed by atoms with E-state index in [-0.39, 0.29) is 30.3 Å². The Balaban J connectivity index is 1.54. The number of carbonyl (C=O) groups is 3. The number of benzene rings is 2. The van der Waals surface area contributed by atoms with Crippen molar-refractivity contribution in [2.24, 2.45) is 11.8 Å². The second kappa shape index (κ2) is 9.87. The standard InChI is InChI=1S/C23H26N2O4/c1-2-29-23(28)19-10-6-7-11-20(19)25-22(27)17-14-12-16(13-15-17)21(26)24-18-8-4-3-5-9-18/h3-11,16-17H,2,12-15H2,1H3,(H,24,26)(H,25,27). The Morgan fingerprint density at radius 1 is 0.828 bits per heavy atom. The van der Waals surface area contributed by atoms with Crippen molar-refractivity contribution in [2.45, 2.75) is 32.6 Å². The number of anilines is 2. The number of hydrogen-bond donors (Lipinski definition) is 2. The molecule has 0 heterocycles. The molecule has 0 unspecified atom stereocenters. The molecule has 1 aliphatic rings. The summed E-state index contributed by atoms with van der Waals surface area (Å²) in [4.78, 5) is 37.2. The molecule has 2 aromatic carbocycles. The van der Waals surface area contributed by atoms with Gasteiger partial charge in [-0.15, -0.1) is 0 Å². The first-order valence-electron chi connectivity index (χ1n) is 10.0. The van der Waals surface area contributed by atoms with Gasteiger partial charge in [0.1, 0.15) is 0 Å². The highest BCUT2D eigenvalue weighted by atomic mass is 16.5. The Bertz CT molecular complexity index is 858. The first kappa shape index (κ1) is 20.6. The molecule has 0 aliphatic heterocycles. The zero-order chi connectivity index (χ0) is 20.6. The van der Waals surface area contributed by atoms with E-state index in [9.17, 15) is 14.4 Å². The van der Waals surface area contributed by atoms with Crippen LogP contribution in [0.3, 0.4) is 0 Å². The number of nitrogens with one attached hydrogen (secondary N) is 2. The first-order chi connectivity index (χ1) is 14.1. The molecule has 0 bridgehead atoms. The van der Waals surface area contributed by atoms with Gasteiger partial charge in [-0.25, -0.2) is 4.79 Å². The van der Waals surface area contributed by atoms with E-state index in [4.69, 9.17) is 4.74 Å². The van der Waals surface area contributed by atoms with Gasteiger partial charge in [-0.2, -0.15) is 0 Å². The molecule has 2 N–H and O–H groups in total. The summed E-state index contributed by atoms with van der Waals surface area (Å²) < 4.78 is 5.05. The zero-order valence-corrected chi connectivity index (χ0v) is 16.5. The lowest BCUT2D eigenvalue weighted by Crippen LogP contribution is -2.32. The third-order valence-electron chi connectivity index (χ3n) is 5.19. The van der Waals surface area contributed by atoms with Crippen molar-refractivity contribution in [3.63, 3.8) is 0 Å². The minimum Gasteiger partial charge on any atom is -0.462 e. The molecule has 0 saturated heterocycles. The largest absolute Gasteiger partial charge is 0.462 e. The van der Waals surface area contributed by atoms with Crippen LogP contribution in [-0.4, -0.2) is 24.4 Å². The van der Waals surface area contributed by atoms with Gasteiger partial charge in [0.2, 0.25) is 11.8 Å². The fourth-order valence-electron chi connectivity index (χ4n) is 3.60. The van der Waals surface area contributed by atoms with Crippen LogP contribution in [-0.2, 0) is 14.3 Å². The maximum absolute atomic E-state index is 12.7. The van der Waals surface area contributed by atoms with Crippen LogP contribution in [0, 0.1) is 11.8 Å². The van der Waals surface area contributed by atoms with Crippen molar-refractivity contribution in [2.75, 3.05) is 17.2 Å². The lowest BCUT2D eigenvalue weighted by molar-refractivity contribution is -0.125. The molecule has 6 nitrogen and oxygen atoms in total. The molecule has 0 radical (unpaired) electrons. The highest BCUT2D eigenvalue weighted by molar-refractivity contribution is 6.02. The Labute approximate surface area is 170 Å². The molecule has 1 fully saturated rings. The average molecular weight is 394 g/mol. The van der Waals surface area contributed by atoms with E-state index in [0.29, 0.717) is 36.9 Å². The van der Waals surface area contributed by atoms with Crippen molar-refractivity contribution in [1.29, 1.82) is 0 Å². The number of amides is 2. The van der Waals surface area contributed by atoms with Gasteiger partial charge in [0.15, 0.2) is 0 Å². The summed E-state index contributed by atoms with van der Waals surface area (Å²) in [7, 11) is 0. The van der Waals surface area contributed by atoms with Crippen molar-refractivity contribution in [3.8, 4) is 0 Å². The quantitative estimate of drug-likeness (QED) is 0.718. The van der Waals surface area contributed by atoms with E-state index in [2.05, 4.69) is 10.6 Å². The Kier molecular flexibility index (Phi) is 7.00. The number of para-hydroxylation sites is 2. The third-order valence-corrected chi connectivity index (χ3v) is 5.19. The van der Waals surface area contributed by atoms with E-state index in [0.717, 1.165) is 5.69 Å². The summed E-state index contributed by atoms with van der Waals surface area (Å²) in [6.45, 7) is 2.02. The molecule has 1 saturated carbocycles. The molecule has 2 amide bonds. The fraction of sp³-hybridized carbons (Fsp3) is 0.348. The summed E-state index contributed by atoms with van der Waals surface area (Å²) in [5, 5.41) is 5.80. The SMILES string of the molecule is CCOC(=O)c1ccccc1NC(=O)C1CCC(C(=O)Nc2ccccc2)CC1. The molecule has 1 aliphatic carbocycles. The van der Waals surface area contributed by atoms with E-state index in [1.54, 1.807) is 31.2 Å². The Hall–Kier alpha value is -3.15. The minimum absolute atomic E-state index is 0.00251. The molecule has 152 valence electrons. The average Bonchev–Trinajstić information content (AvgIpc) is 2.75. The molecule has 0 aromatic heterocycles. The van der Waals surface area contributed by atoms with Crippen LogP contribution < -0.4 is 10.6 Å². The number of ether oxygens (including phenoxy) is 1. The zero-order valence-electron chi connectivity index (χ0n) is 16.5. The number of hydrogen-bond acceptors (Lipinski definition) is 4. The molecular formula is C23H26N2O4. The van der Waals surface area contributed by atoms with Crippen LogP contribution in [0.1, 0.15) is 43.0 Å². The third kappa shape index (κ3) is 5.44. The van der Waals surface area contributed by atoms with E-state index < -0.39 is 5.97 Å².